The lowest BCUT2D eigenvalue weighted by molar-refractivity contribution is -0.142. The molecule has 0 aliphatic heterocycles. The lowest BCUT2D eigenvalue weighted by Crippen LogP contribution is -2.37. The molecule has 1 aromatic heterocycles. The van der Waals surface area contributed by atoms with E-state index in [1.807, 2.05) is 0 Å². The number of hydrogen-bond donors (Lipinski definition) is 2. The average molecular weight is 272 g/mol. The third-order valence-electron chi connectivity index (χ3n) is 2.65. The van der Waals surface area contributed by atoms with Gasteiger partial charge in [0, 0.05) is 24.6 Å². The molecular formula is C9H13ClF3N3O. The van der Waals surface area contributed by atoms with E-state index in [9.17, 15) is 18.3 Å². The van der Waals surface area contributed by atoms with Crippen LogP contribution in [0.1, 0.15) is 18.2 Å². The molecule has 8 heteroatoms. The van der Waals surface area contributed by atoms with Crippen molar-refractivity contribution in [2.45, 2.75) is 18.5 Å². The molecule has 0 bridgehead atoms. The number of aliphatic hydroxyl groups excluding tert-OH is 1. The zero-order valence-electron chi connectivity index (χ0n) is 9.35. The van der Waals surface area contributed by atoms with Crippen molar-refractivity contribution in [2.75, 3.05) is 13.2 Å². The summed E-state index contributed by atoms with van der Waals surface area (Å²) in [4.78, 5) is 0. The van der Waals surface area contributed by atoms with Crippen LogP contribution in [0.3, 0.4) is 0 Å². The molecule has 1 aromatic rings. The topological polar surface area (TPSA) is 64.1 Å². The van der Waals surface area contributed by atoms with Crippen molar-refractivity contribution in [1.29, 1.82) is 0 Å². The number of aryl methyl sites for hydroxylation is 1. The van der Waals surface area contributed by atoms with Crippen molar-refractivity contribution in [3.8, 4) is 0 Å². The SMILES string of the molecule is Cn1nc(C(F)(F)F)c(C(C)(CN)CO)c1Cl. The van der Waals surface area contributed by atoms with E-state index in [1.165, 1.54) is 14.0 Å². The predicted molar refractivity (Wildman–Crippen MR) is 56.7 cm³/mol. The van der Waals surface area contributed by atoms with E-state index >= 15 is 0 Å². The molecule has 0 amide bonds. The van der Waals surface area contributed by atoms with Crippen molar-refractivity contribution in [2.24, 2.45) is 12.8 Å². The lowest BCUT2D eigenvalue weighted by Gasteiger charge is -2.26. The van der Waals surface area contributed by atoms with E-state index in [-0.39, 0.29) is 17.3 Å². The van der Waals surface area contributed by atoms with E-state index in [0.29, 0.717) is 0 Å². The van der Waals surface area contributed by atoms with E-state index in [0.717, 1.165) is 4.68 Å². The van der Waals surface area contributed by atoms with Gasteiger partial charge in [-0.2, -0.15) is 18.3 Å². The second kappa shape index (κ2) is 4.47. The fourth-order valence-electron chi connectivity index (χ4n) is 1.48. The van der Waals surface area contributed by atoms with Crippen molar-refractivity contribution in [3.05, 3.63) is 16.4 Å². The summed E-state index contributed by atoms with van der Waals surface area (Å²) in [5, 5.41) is 12.4. The molecule has 0 aromatic carbocycles. The van der Waals surface area contributed by atoms with Crippen molar-refractivity contribution < 1.29 is 18.3 Å². The number of alkyl halides is 3. The molecule has 17 heavy (non-hydrogen) atoms. The highest BCUT2D eigenvalue weighted by Crippen LogP contribution is 2.40. The average Bonchev–Trinajstić information content (AvgIpc) is 2.55. The molecule has 4 nitrogen and oxygen atoms in total. The van der Waals surface area contributed by atoms with Gasteiger partial charge < -0.3 is 10.8 Å². The van der Waals surface area contributed by atoms with Crippen molar-refractivity contribution >= 4 is 11.6 Å². The van der Waals surface area contributed by atoms with Crippen LogP contribution >= 0.6 is 11.6 Å². The van der Waals surface area contributed by atoms with Gasteiger partial charge in [0.15, 0.2) is 5.69 Å². The first-order chi connectivity index (χ1) is 7.67. The Kier molecular flexibility index (Phi) is 3.75. The molecule has 3 N–H and O–H groups in total. The Hall–Kier alpha value is -0.790. The summed E-state index contributed by atoms with van der Waals surface area (Å²) in [6, 6.07) is 0. The van der Waals surface area contributed by atoms with Crippen LogP contribution in [0.15, 0.2) is 0 Å². The van der Waals surface area contributed by atoms with Gasteiger partial charge in [-0.15, -0.1) is 0 Å². The molecule has 0 radical (unpaired) electrons. The molecule has 98 valence electrons. The zero-order valence-corrected chi connectivity index (χ0v) is 10.1. The maximum absolute atomic E-state index is 12.8. The first kappa shape index (κ1) is 14.3. The van der Waals surface area contributed by atoms with Gasteiger partial charge >= 0.3 is 6.18 Å². The van der Waals surface area contributed by atoms with Crippen LogP contribution in [0.25, 0.3) is 0 Å². The summed E-state index contributed by atoms with van der Waals surface area (Å²) in [5.41, 5.74) is 2.78. The molecular weight excluding hydrogens is 259 g/mol. The first-order valence-electron chi connectivity index (χ1n) is 4.78. The highest BCUT2D eigenvalue weighted by Gasteiger charge is 2.44. The molecule has 1 rings (SSSR count). The molecule has 0 aliphatic carbocycles. The Morgan fingerprint density at radius 3 is 2.35 bits per heavy atom. The first-order valence-corrected chi connectivity index (χ1v) is 5.16. The minimum absolute atomic E-state index is 0.167. The molecule has 1 unspecified atom stereocenters. The summed E-state index contributed by atoms with van der Waals surface area (Å²) < 4.78 is 39.3. The molecule has 0 saturated heterocycles. The van der Waals surface area contributed by atoms with E-state index in [2.05, 4.69) is 5.10 Å². The summed E-state index contributed by atoms with van der Waals surface area (Å²) in [7, 11) is 1.30. The van der Waals surface area contributed by atoms with Gasteiger partial charge in [0.05, 0.1) is 6.61 Å². The summed E-state index contributed by atoms with van der Waals surface area (Å²) in [6.45, 7) is 0.696. The van der Waals surface area contributed by atoms with Gasteiger partial charge in [-0.3, -0.25) is 4.68 Å². The Balaban J connectivity index is 3.51. The molecule has 1 atom stereocenters. The molecule has 0 saturated carbocycles. The summed E-state index contributed by atoms with van der Waals surface area (Å²) in [5.74, 6) is 0. The smallest absolute Gasteiger partial charge is 0.395 e. The molecule has 0 fully saturated rings. The van der Waals surface area contributed by atoms with Crippen molar-refractivity contribution in [3.63, 3.8) is 0 Å². The maximum Gasteiger partial charge on any atom is 0.435 e. The Morgan fingerprint density at radius 2 is 2.00 bits per heavy atom. The largest absolute Gasteiger partial charge is 0.435 e. The van der Waals surface area contributed by atoms with Crippen LogP contribution in [0.4, 0.5) is 13.2 Å². The van der Waals surface area contributed by atoms with Crippen LogP contribution in [0.2, 0.25) is 5.15 Å². The number of hydrogen-bond acceptors (Lipinski definition) is 3. The van der Waals surface area contributed by atoms with Gasteiger partial charge in [-0.25, -0.2) is 0 Å². The normalized spacial score (nSPS) is 16.0. The predicted octanol–water partition coefficient (Wildman–Crippen LogP) is 1.30. The Morgan fingerprint density at radius 1 is 1.47 bits per heavy atom. The fourth-order valence-corrected chi connectivity index (χ4v) is 1.84. The van der Waals surface area contributed by atoms with Gasteiger partial charge in [-0.1, -0.05) is 18.5 Å². The van der Waals surface area contributed by atoms with Gasteiger partial charge in [0.25, 0.3) is 0 Å². The number of rotatable bonds is 3. The number of aromatic nitrogens is 2. The van der Waals surface area contributed by atoms with E-state index in [4.69, 9.17) is 17.3 Å². The van der Waals surface area contributed by atoms with Crippen LogP contribution in [0.5, 0.6) is 0 Å². The molecule has 0 aliphatic rings. The quantitative estimate of drug-likeness (QED) is 0.871. The van der Waals surface area contributed by atoms with E-state index in [1.54, 1.807) is 0 Å². The van der Waals surface area contributed by atoms with Crippen LogP contribution < -0.4 is 5.73 Å². The minimum atomic E-state index is -4.63. The number of nitrogens with zero attached hydrogens (tertiary/aromatic N) is 2. The highest BCUT2D eigenvalue weighted by atomic mass is 35.5. The van der Waals surface area contributed by atoms with Crippen molar-refractivity contribution in [1.82, 2.24) is 9.78 Å². The maximum atomic E-state index is 12.8. The lowest BCUT2D eigenvalue weighted by atomic mass is 9.83. The third-order valence-corrected chi connectivity index (χ3v) is 3.08. The van der Waals surface area contributed by atoms with E-state index < -0.39 is 23.9 Å². The number of nitrogens with two attached hydrogens (primary N) is 1. The Bertz CT molecular complexity index is 412. The summed E-state index contributed by atoms with van der Waals surface area (Å²) >= 11 is 5.80. The van der Waals surface area contributed by atoms with Crippen LogP contribution in [-0.4, -0.2) is 28.0 Å². The molecule has 1 heterocycles. The minimum Gasteiger partial charge on any atom is -0.395 e. The van der Waals surface area contributed by atoms with Gasteiger partial charge in [0.2, 0.25) is 0 Å². The number of halogens is 4. The number of aliphatic hydroxyl groups is 1. The van der Waals surface area contributed by atoms with Crippen LogP contribution in [-0.2, 0) is 18.6 Å². The highest BCUT2D eigenvalue weighted by molar-refractivity contribution is 6.30. The molecule has 0 spiro atoms. The fraction of sp³-hybridized carbons (Fsp3) is 0.667. The second-order valence-corrected chi connectivity index (χ2v) is 4.42. The standard InChI is InChI=1S/C9H13ClF3N3O/c1-8(3-14,4-17)5-6(9(11,12)13)15-16(2)7(5)10/h17H,3-4,14H2,1-2H3. The zero-order chi connectivity index (χ0) is 13.4. The summed E-state index contributed by atoms with van der Waals surface area (Å²) in [6.07, 6.45) is -4.63. The van der Waals surface area contributed by atoms with Crippen LogP contribution in [0, 0.1) is 0 Å². The second-order valence-electron chi connectivity index (χ2n) is 4.06. The Labute approximate surface area is 101 Å². The monoisotopic (exact) mass is 271 g/mol. The van der Waals surface area contributed by atoms with Gasteiger partial charge in [0.1, 0.15) is 5.15 Å². The van der Waals surface area contributed by atoms with Gasteiger partial charge in [-0.05, 0) is 0 Å². The third kappa shape index (κ3) is 2.41.